The van der Waals surface area contributed by atoms with Crippen LogP contribution in [0.25, 0.3) is 11.3 Å². The van der Waals surface area contributed by atoms with Crippen molar-refractivity contribution in [3.8, 4) is 11.3 Å². The lowest BCUT2D eigenvalue weighted by molar-refractivity contribution is -0.00000462. The van der Waals surface area contributed by atoms with E-state index in [4.69, 9.17) is 32.4 Å². The summed E-state index contributed by atoms with van der Waals surface area (Å²) in [5, 5.41) is 4.47. The molecule has 0 aliphatic rings. The fourth-order valence-corrected chi connectivity index (χ4v) is 2.07. The molecule has 1 aromatic carbocycles. The van der Waals surface area contributed by atoms with E-state index in [2.05, 4.69) is 5.32 Å². The molecule has 2 rings (SSSR count). The Bertz CT molecular complexity index is 543. The van der Waals surface area contributed by atoms with Crippen molar-refractivity contribution < 1.29 is 21.6 Å². The van der Waals surface area contributed by atoms with Crippen LogP contribution < -0.4 is 17.7 Å². The van der Waals surface area contributed by atoms with E-state index in [1.54, 1.807) is 25.3 Å². The number of nitrogens with one attached hydrogen (secondary N) is 1. The highest BCUT2D eigenvalue weighted by atomic mass is 35.5. The number of halogens is 3. The Morgan fingerprint density at radius 3 is 2.75 bits per heavy atom. The molecule has 110 valence electrons. The van der Waals surface area contributed by atoms with Gasteiger partial charge in [-0.15, -0.1) is 0 Å². The molecule has 0 aliphatic heterocycles. The van der Waals surface area contributed by atoms with Crippen LogP contribution in [0.2, 0.25) is 10.0 Å². The van der Waals surface area contributed by atoms with Crippen molar-refractivity contribution >= 4 is 23.2 Å². The molecule has 0 amide bonds. The fourth-order valence-electron chi connectivity index (χ4n) is 1.69. The molecule has 20 heavy (non-hydrogen) atoms. The second kappa shape index (κ2) is 8.55. The van der Waals surface area contributed by atoms with Gasteiger partial charge in [0.15, 0.2) is 0 Å². The molecule has 0 unspecified atom stereocenters. The van der Waals surface area contributed by atoms with Crippen LogP contribution in [0.5, 0.6) is 0 Å². The van der Waals surface area contributed by atoms with Crippen LogP contribution in [-0.4, -0.2) is 20.3 Å². The first-order valence-corrected chi connectivity index (χ1v) is 6.70. The normalized spacial score (nSPS) is 10.3. The van der Waals surface area contributed by atoms with Crippen molar-refractivity contribution in [1.82, 2.24) is 5.32 Å². The molecule has 0 saturated carbocycles. The Labute approximate surface area is 134 Å². The third kappa shape index (κ3) is 4.69. The van der Waals surface area contributed by atoms with E-state index in [9.17, 15) is 0 Å². The number of methoxy groups -OCH3 is 1. The zero-order chi connectivity index (χ0) is 13.7. The van der Waals surface area contributed by atoms with Crippen molar-refractivity contribution in [1.29, 1.82) is 0 Å². The van der Waals surface area contributed by atoms with E-state index in [-0.39, 0.29) is 12.4 Å². The number of hydrogen-bond donors (Lipinski definition) is 1. The summed E-state index contributed by atoms with van der Waals surface area (Å²) in [5.41, 5.74) is 0.803. The summed E-state index contributed by atoms with van der Waals surface area (Å²) >= 11 is 12.1. The van der Waals surface area contributed by atoms with Gasteiger partial charge in [0.25, 0.3) is 0 Å². The molecular weight excluding hydrogens is 321 g/mol. The molecule has 0 spiro atoms. The number of rotatable bonds is 6. The van der Waals surface area contributed by atoms with Gasteiger partial charge in [-0.05, 0) is 30.3 Å². The van der Waals surface area contributed by atoms with Crippen LogP contribution in [0, 0.1) is 0 Å². The molecule has 0 radical (unpaired) electrons. The molecule has 0 bridgehead atoms. The number of furan rings is 1. The highest BCUT2D eigenvalue weighted by molar-refractivity contribution is 6.35. The molecule has 6 heteroatoms. The van der Waals surface area contributed by atoms with Gasteiger partial charge in [-0.25, -0.2) is 0 Å². The molecular formula is C14H15Cl3NO2-. The molecule has 0 aliphatic carbocycles. The standard InChI is InChI=1S/C14H15Cl2NO2.ClH/c1-18-7-6-17-9-11-3-5-14(19-11)12-8-10(15)2-4-13(12)16;/h2-5,8,17H,6-7,9H2,1H3;1H/p-1. The van der Waals surface area contributed by atoms with Gasteiger partial charge in [0.1, 0.15) is 11.5 Å². The van der Waals surface area contributed by atoms with Gasteiger partial charge in [0.2, 0.25) is 0 Å². The molecule has 1 heterocycles. The average Bonchev–Trinajstić information content (AvgIpc) is 2.86. The van der Waals surface area contributed by atoms with Crippen molar-refractivity contribution in [2.45, 2.75) is 6.54 Å². The molecule has 2 aromatic rings. The summed E-state index contributed by atoms with van der Waals surface area (Å²) < 4.78 is 10.7. The minimum Gasteiger partial charge on any atom is -1.00 e. The van der Waals surface area contributed by atoms with Crippen molar-refractivity contribution in [3.63, 3.8) is 0 Å². The number of hydrogen-bond acceptors (Lipinski definition) is 3. The van der Waals surface area contributed by atoms with E-state index in [1.807, 2.05) is 12.1 Å². The van der Waals surface area contributed by atoms with Gasteiger partial charge < -0.3 is 26.9 Å². The number of benzene rings is 1. The molecule has 0 fully saturated rings. The third-order valence-electron chi connectivity index (χ3n) is 2.64. The summed E-state index contributed by atoms with van der Waals surface area (Å²) in [6.45, 7) is 2.11. The van der Waals surface area contributed by atoms with Gasteiger partial charge >= 0.3 is 0 Å². The lowest BCUT2D eigenvalue weighted by Crippen LogP contribution is -3.00. The maximum Gasteiger partial charge on any atom is 0.135 e. The second-order valence-electron chi connectivity index (χ2n) is 4.06. The van der Waals surface area contributed by atoms with E-state index in [0.29, 0.717) is 23.2 Å². The van der Waals surface area contributed by atoms with Crippen LogP contribution >= 0.6 is 23.2 Å². The summed E-state index contributed by atoms with van der Waals surface area (Å²) in [4.78, 5) is 0. The maximum absolute atomic E-state index is 6.13. The first-order valence-electron chi connectivity index (χ1n) is 5.94. The molecule has 1 aromatic heterocycles. The molecule has 0 atom stereocenters. The Balaban J connectivity index is 0.00000200. The summed E-state index contributed by atoms with van der Waals surface area (Å²) in [5.74, 6) is 1.57. The van der Waals surface area contributed by atoms with Crippen LogP contribution in [0.4, 0.5) is 0 Å². The maximum atomic E-state index is 6.13. The quantitative estimate of drug-likeness (QED) is 0.800. The molecule has 0 saturated heterocycles. The predicted octanol–water partition coefficient (Wildman–Crippen LogP) is 0.993. The lowest BCUT2D eigenvalue weighted by atomic mass is 10.2. The topological polar surface area (TPSA) is 34.4 Å². The van der Waals surface area contributed by atoms with E-state index in [1.165, 1.54) is 0 Å². The van der Waals surface area contributed by atoms with Gasteiger partial charge in [-0.2, -0.15) is 0 Å². The van der Waals surface area contributed by atoms with Crippen LogP contribution in [-0.2, 0) is 11.3 Å². The number of ether oxygens (including phenoxy) is 1. The van der Waals surface area contributed by atoms with Crippen LogP contribution in [0.15, 0.2) is 34.7 Å². The Kier molecular flexibility index (Phi) is 7.41. The Hall–Kier alpha value is -0.710. The minimum atomic E-state index is 0. The second-order valence-corrected chi connectivity index (χ2v) is 4.90. The van der Waals surface area contributed by atoms with E-state index >= 15 is 0 Å². The van der Waals surface area contributed by atoms with E-state index < -0.39 is 0 Å². The zero-order valence-electron chi connectivity index (χ0n) is 11.0. The third-order valence-corrected chi connectivity index (χ3v) is 3.20. The SMILES string of the molecule is COCCNCc1ccc(-c2cc(Cl)ccc2Cl)o1.[Cl-]. The van der Waals surface area contributed by atoms with Gasteiger partial charge in [-0.1, -0.05) is 23.2 Å². The Morgan fingerprint density at radius 1 is 1.20 bits per heavy atom. The summed E-state index contributed by atoms with van der Waals surface area (Å²) in [7, 11) is 1.67. The van der Waals surface area contributed by atoms with Gasteiger partial charge in [-0.3, -0.25) is 0 Å². The fraction of sp³-hybridized carbons (Fsp3) is 0.286. The highest BCUT2D eigenvalue weighted by Crippen LogP contribution is 2.31. The van der Waals surface area contributed by atoms with Crippen LogP contribution in [0.3, 0.4) is 0 Å². The minimum absolute atomic E-state index is 0. The largest absolute Gasteiger partial charge is 1.00 e. The molecule has 3 nitrogen and oxygen atoms in total. The molecule has 1 N–H and O–H groups in total. The Morgan fingerprint density at radius 2 is 2.00 bits per heavy atom. The van der Waals surface area contributed by atoms with Gasteiger partial charge in [0.05, 0.1) is 18.2 Å². The monoisotopic (exact) mass is 334 g/mol. The first kappa shape index (κ1) is 17.3. The van der Waals surface area contributed by atoms with Crippen LogP contribution in [0.1, 0.15) is 5.76 Å². The predicted molar refractivity (Wildman–Crippen MR) is 77.7 cm³/mol. The summed E-state index contributed by atoms with van der Waals surface area (Å²) in [6, 6.07) is 9.13. The van der Waals surface area contributed by atoms with Crippen molar-refractivity contribution in [2.24, 2.45) is 0 Å². The van der Waals surface area contributed by atoms with E-state index in [0.717, 1.165) is 23.6 Å². The zero-order valence-corrected chi connectivity index (χ0v) is 13.2. The highest BCUT2D eigenvalue weighted by Gasteiger charge is 2.09. The first-order chi connectivity index (χ1) is 9.20. The van der Waals surface area contributed by atoms with Crippen molar-refractivity contribution in [2.75, 3.05) is 20.3 Å². The lowest BCUT2D eigenvalue weighted by Gasteiger charge is -2.03. The van der Waals surface area contributed by atoms with Gasteiger partial charge in [0, 0.05) is 24.2 Å². The van der Waals surface area contributed by atoms with Crippen molar-refractivity contribution in [3.05, 3.63) is 46.1 Å². The average molecular weight is 336 g/mol. The smallest absolute Gasteiger partial charge is 0.135 e. The summed E-state index contributed by atoms with van der Waals surface area (Å²) in [6.07, 6.45) is 0.